The maximum absolute atomic E-state index is 6.86. The summed E-state index contributed by atoms with van der Waals surface area (Å²) in [7, 11) is 0. The fraction of sp³-hybridized carbons (Fsp3) is 0.0943. The van der Waals surface area contributed by atoms with Crippen LogP contribution in [0.25, 0.3) is 66.6 Å². The Labute approximate surface area is 328 Å². The van der Waals surface area contributed by atoms with Crippen LogP contribution in [0, 0.1) is 0 Å². The summed E-state index contributed by atoms with van der Waals surface area (Å²) in [6.07, 6.45) is 4.11. The maximum atomic E-state index is 6.86. The standard InChI is InChI=1S/C53H43N3/c1-53(2)46-22-13-21-42(51(46)45-32-38-16-9-10-17-39(38)33-47(45)53)36-27-24-35(25-28-36)26-31-48(55-52(54)37-14-5-3-6-15-37)40-29-30-44-43-20-11-12-23-49(43)56(50(44)34-40)41-18-7-4-8-19-41/h3-34,48,52,55H,54H2,1-2H3/b31-26+. The van der Waals surface area contributed by atoms with Gasteiger partial charge >= 0.3 is 0 Å². The number of para-hydroxylation sites is 2. The zero-order chi connectivity index (χ0) is 37.8. The molecule has 2 unspecified atom stereocenters. The Kier molecular flexibility index (Phi) is 8.29. The van der Waals surface area contributed by atoms with Crippen molar-refractivity contribution < 1.29 is 0 Å². The average Bonchev–Trinajstić information content (AvgIpc) is 3.69. The van der Waals surface area contributed by atoms with E-state index in [1.807, 2.05) is 18.2 Å². The molecule has 1 heterocycles. The summed E-state index contributed by atoms with van der Waals surface area (Å²) in [6, 6.07) is 65.5. The lowest BCUT2D eigenvalue weighted by atomic mass is 9.81. The Morgan fingerprint density at radius 1 is 0.554 bits per heavy atom. The second kappa shape index (κ2) is 13.6. The first-order valence-electron chi connectivity index (χ1n) is 19.5. The summed E-state index contributed by atoms with van der Waals surface area (Å²) in [5, 5.41) is 8.79. The summed E-state index contributed by atoms with van der Waals surface area (Å²) in [5.74, 6) is 0. The Morgan fingerprint density at radius 3 is 2.02 bits per heavy atom. The van der Waals surface area contributed by atoms with E-state index in [0.29, 0.717) is 0 Å². The van der Waals surface area contributed by atoms with Crippen molar-refractivity contribution in [2.24, 2.45) is 5.73 Å². The van der Waals surface area contributed by atoms with Crippen LogP contribution in [0.15, 0.2) is 188 Å². The monoisotopic (exact) mass is 721 g/mol. The van der Waals surface area contributed by atoms with Gasteiger partial charge in [-0.25, -0.2) is 0 Å². The molecule has 0 spiro atoms. The van der Waals surface area contributed by atoms with Gasteiger partial charge in [0.05, 0.1) is 23.2 Å². The molecule has 0 saturated heterocycles. The molecule has 2 atom stereocenters. The van der Waals surface area contributed by atoms with E-state index in [2.05, 4.69) is 200 Å². The van der Waals surface area contributed by atoms with Crippen molar-refractivity contribution >= 4 is 38.7 Å². The van der Waals surface area contributed by atoms with E-state index in [1.165, 1.54) is 66.0 Å². The number of nitrogens with zero attached hydrogens (tertiary/aromatic N) is 1. The van der Waals surface area contributed by atoms with Gasteiger partial charge in [-0.1, -0.05) is 172 Å². The van der Waals surface area contributed by atoms with Gasteiger partial charge in [0.2, 0.25) is 0 Å². The number of nitrogens with one attached hydrogen (secondary N) is 1. The SMILES string of the molecule is CC1(C)c2cc3ccccc3cc2-c2c(-c3ccc(/C=C/C(NC(N)c4ccccc4)c4ccc5c6ccccc6n(-c6ccccc6)c5c4)cc3)cccc21. The van der Waals surface area contributed by atoms with Gasteiger partial charge in [0.15, 0.2) is 0 Å². The van der Waals surface area contributed by atoms with Gasteiger partial charge in [-0.3, -0.25) is 5.32 Å². The minimum absolute atomic E-state index is 0.0749. The Balaban J connectivity index is 1.03. The molecule has 9 aromatic rings. The van der Waals surface area contributed by atoms with E-state index in [1.54, 1.807) is 0 Å². The van der Waals surface area contributed by atoms with Crippen LogP contribution in [-0.2, 0) is 5.41 Å². The number of hydrogen-bond donors (Lipinski definition) is 2. The molecule has 1 aliphatic rings. The maximum Gasteiger partial charge on any atom is 0.0817 e. The fourth-order valence-electron chi connectivity index (χ4n) is 8.94. The van der Waals surface area contributed by atoms with Gasteiger partial charge in [0, 0.05) is 21.9 Å². The highest BCUT2D eigenvalue weighted by Gasteiger charge is 2.37. The van der Waals surface area contributed by atoms with Crippen molar-refractivity contribution in [1.82, 2.24) is 9.88 Å². The lowest BCUT2D eigenvalue weighted by molar-refractivity contribution is 0.509. The Bertz CT molecular complexity index is 2920. The third-order valence-electron chi connectivity index (χ3n) is 11.9. The molecule has 3 N–H and O–H groups in total. The van der Waals surface area contributed by atoms with E-state index in [-0.39, 0.29) is 17.6 Å². The third-order valence-corrected chi connectivity index (χ3v) is 11.9. The number of nitrogens with two attached hydrogens (primary N) is 1. The first-order chi connectivity index (χ1) is 27.4. The first-order valence-corrected chi connectivity index (χ1v) is 19.5. The van der Waals surface area contributed by atoms with Crippen LogP contribution in [0.2, 0.25) is 0 Å². The van der Waals surface area contributed by atoms with Gasteiger partial charge in [-0.2, -0.15) is 0 Å². The summed E-state index contributed by atoms with van der Waals surface area (Å²) in [5.41, 5.74) is 21.6. The van der Waals surface area contributed by atoms with Gasteiger partial charge < -0.3 is 10.3 Å². The third kappa shape index (κ3) is 5.76. The van der Waals surface area contributed by atoms with Crippen LogP contribution in [0.1, 0.15) is 53.9 Å². The molecule has 1 aromatic heterocycles. The molecule has 3 heteroatoms. The van der Waals surface area contributed by atoms with Crippen LogP contribution >= 0.6 is 0 Å². The number of aromatic nitrogens is 1. The topological polar surface area (TPSA) is 43.0 Å². The predicted octanol–water partition coefficient (Wildman–Crippen LogP) is 12.9. The molecule has 0 amide bonds. The fourth-order valence-corrected chi connectivity index (χ4v) is 8.94. The molecule has 0 radical (unpaired) electrons. The highest BCUT2D eigenvalue weighted by Crippen LogP contribution is 2.53. The van der Waals surface area contributed by atoms with Gasteiger partial charge in [0.1, 0.15) is 0 Å². The van der Waals surface area contributed by atoms with E-state index in [0.717, 1.165) is 22.4 Å². The van der Waals surface area contributed by atoms with Crippen molar-refractivity contribution in [1.29, 1.82) is 0 Å². The van der Waals surface area contributed by atoms with Crippen LogP contribution in [0.3, 0.4) is 0 Å². The van der Waals surface area contributed by atoms with Crippen LogP contribution in [-0.4, -0.2) is 4.57 Å². The second-order valence-electron chi connectivity index (χ2n) is 15.6. The average molecular weight is 722 g/mol. The largest absolute Gasteiger partial charge is 0.312 e. The summed E-state index contributed by atoms with van der Waals surface area (Å²) in [6.45, 7) is 4.72. The molecule has 3 nitrogen and oxygen atoms in total. The highest BCUT2D eigenvalue weighted by molar-refractivity contribution is 6.09. The number of hydrogen-bond acceptors (Lipinski definition) is 2. The summed E-state index contributed by atoms with van der Waals surface area (Å²) in [4.78, 5) is 0. The van der Waals surface area contributed by atoms with Gasteiger partial charge in [0.25, 0.3) is 0 Å². The minimum atomic E-state index is -0.353. The number of fused-ring (bicyclic) bond motifs is 7. The molecule has 10 rings (SSSR count). The second-order valence-corrected chi connectivity index (χ2v) is 15.6. The van der Waals surface area contributed by atoms with E-state index in [4.69, 9.17) is 5.73 Å². The first kappa shape index (κ1) is 34.0. The number of benzene rings is 8. The Morgan fingerprint density at radius 2 is 1.23 bits per heavy atom. The zero-order valence-corrected chi connectivity index (χ0v) is 31.7. The van der Waals surface area contributed by atoms with Gasteiger partial charge in [-0.05, 0) is 97.2 Å². The molecule has 1 aliphatic carbocycles. The van der Waals surface area contributed by atoms with E-state index in [9.17, 15) is 0 Å². The van der Waals surface area contributed by atoms with Gasteiger partial charge in [-0.15, -0.1) is 0 Å². The van der Waals surface area contributed by atoms with Crippen LogP contribution in [0.4, 0.5) is 0 Å². The van der Waals surface area contributed by atoms with Crippen molar-refractivity contribution in [3.05, 3.63) is 216 Å². The molecule has 8 aromatic carbocycles. The van der Waals surface area contributed by atoms with Crippen LogP contribution < -0.4 is 11.1 Å². The smallest absolute Gasteiger partial charge is 0.0817 e. The quantitative estimate of drug-likeness (QED) is 0.153. The lowest BCUT2D eigenvalue weighted by Crippen LogP contribution is -2.31. The zero-order valence-electron chi connectivity index (χ0n) is 31.7. The van der Waals surface area contributed by atoms with Crippen molar-refractivity contribution in [3.8, 4) is 27.9 Å². The normalized spacial score (nSPS) is 14.3. The Hall–Kier alpha value is -6.52. The van der Waals surface area contributed by atoms with Crippen molar-refractivity contribution in [2.45, 2.75) is 31.5 Å². The summed E-state index contributed by atoms with van der Waals surface area (Å²) < 4.78 is 2.37. The molecule has 0 aliphatic heterocycles. The molecule has 56 heavy (non-hydrogen) atoms. The molecule has 270 valence electrons. The van der Waals surface area contributed by atoms with E-state index >= 15 is 0 Å². The molecule has 0 bridgehead atoms. The van der Waals surface area contributed by atoms with Crippen LogP contribution in [0.5, 0.6) is 0 Å². The molecular weight excluding hydrogens is 679 g/mol. The lowest BCUT2D eigenvalue weighted by Gasteiger charge is -2.22. The van der Waals surface area contributed by atoms with Crippen molar-refractivity contribution in [3.63, 3.8) is 0 Å². The number of rotatable bonds is 8. The predicted molar refractivity (Wildman–Crippen MR) is 236 cm³/mol. The summed E-state index contributed by atoms with van der Waals surface area (Å²) >= 11 is 0. The molecule has 0 fully saturated rings. The highest BCUT2D eigenvalue weighted by atomic mass is 15.0. The van der Waals surface area contributed by atoms with Crippen molar-refractivity contribution in [2.75, 3.05) is 0 Å². The minimum Gasteiger partial charge on any atom is -0.312 e. The molecular formula is C53H43N3. The molecule has 0 saturated carbocycles. The van der Waals surface area contributed by atoms with E-state index < -0.39 is 0 Å².